The van der Waals surface area contributed by atoms with Crippen molar-refractivity contribution in [1.82, 2.24) is 9.97 Å². The summed E-state index contributed by atoms with van der Waals surface area (Å²) >= 11 is 5.84. The van der Waals surface area contributed by atoms with Crippen LogP contribution in [0.1, 0.15) is 13.8 Å². The number of aromatic nitrogens is 2. The molecule has 4 nitrogen and oxygen atoms in total. The molecule has 1 aromatic heterocycles. The van der Waals surface area contributed by atoms with E-state index in [-0.39, 0.29) is 5.02 Å². The Bertz CT molecular complexity index is 867. The molecule has 0 bridgehead atoms. The van der Waals surface area contributed by atoms with Gasteiger partial charge in [0.2, 0.25) is 0 Å². The van der Waals surface area contributed by atoms with Gasteiger partial charge in [-0.3, -0.25) is 0 Å². The number of halogens is 2. The van der Waals surface area contributed by atoms with Gasteiger partial charge in [-0.25, -0.2) is 14.4 Å². The Balaban J connectivity index is 1.94. The first-order chi connectivity index (χ1) is 11.5. The molecule has 124 valence electrons. The molecule has 6 heteroatoms. The molecule has 1 heterocycles. The van der Waals surface area contributed by atoms with E-state index in [1.54, 1.807) is 6.07 Å². The van der Waals surface area contributed by atoms with Crippen molar-refractivity contribution in [3.8, 4) is 0 Å². The molecule has 0 saturated carbocycles. The smallest absolute Gasteiger partial charge is 0.141 e. The van der Waals surface area contributed by atoms with E-state index in [9.17, 15) is 4.39 Å². The summed E-state index contributed by atoms with van der Waals surface area (Å²) in [5.74, 6) is 0.748. The molecule has 0 spiro atoms. The van der Waals surface area contributed by atoms with Gasteiger partial charge in [-0.05, 0) is 42.3 Å². The molecule has 24 heavy (non-hydrogen) atoms. The number of nitrogens with one attached hydrogen (secondary N) is 2. The van der Waals surface area contributed by atoms with Crippen LogP contribution in [0, 0.1) is 11.7 Å². The van der Waals surface area contributed by atoms with Crippen LogP contribution in [0.2, 0.25) is 5.02 Å². The highest BCUT2D eigenvalue weighted by Crippen LogP contribution is 2.27. The SMILES string of the molecule is CC(C)CNc1ccc2ncnc(Nc3ccc(F)c(Cl)c3)c2c1. The zero-order valence-corrected chi connectivity index (χ0v) is 14.2. The summed E-state index contributed by atoms with van der Waals surface area (Å²) in [6.45, 7) is 5.19. The van der Waals surface area contributed by atoms with Gasteiger partial charge in [-0.15, -0.1) is 0 Å². The summed E-state index contributed by atoms with van der Waals surface area (Å²) in [6, 6.07) is 10.4. The number of anilines is 3. The zero-order chi connectivity index (χ0) is 17.1. The molecule has 3 aromatic rings. The summed E-state index contributed by atoms with van der Waals surface area (Å²) in [7, 11) is 0. The van der Waals surface area contributed by atoms with E-state index in [1.165, 1.54) is 18.5 Å². The number of hydrogen-bond donors (Lipinski definition) is 2. The molecule has 0 unspecified atom stereocenters. The minimum atomic E-state index is -0.449. The first-order valence-electron chi connectivity index (χ1n) is 7.73. The van der Waals surface area contributed by atoms with Crippen LogP contribution in [0.5, 0.6) is 0 Å². The highest BCUT2D eigenvalue weighted by Gasteiger charge is 2.07. The molecule has 0 amide bonds. The van der Waals surface area contributed by atoms with Crippen molar-refractivity contribution in [2.24, 2.45) is 5.92 Å². The highest BCUT2D eigenvalue weighted by atomic mass is 35.5. The van der Waals surface area contributed by atoms with E-state index in [0.717, 1.165) is 23.1 Å². The Morgan fingerprint density at radius 1 is 1.08 bits per heavy atom. The lowest BCUT2D eigenvalue weighted by Gasteiger charge is -2.12. The fraction of sp³-hybridized carbons (Fsp3) is 0.222. The molecule has 0 fully saturated rings. The van der Waals surface area contributed by atoms with Gasteiger partial charge in [0.1, 0.15) is 18.0 Å². The fourth-order valence-corrected chi connectivity index (χ4v) is 2.48. The third-order valence-corrected chi connectivity index (χ3v) is 3.82. The van der Waals surface area contributed by atoms with Crippen LogP contribution in [0.4, 0.5) is 21.6 Å². The Labute approximate surface area is 145 Å². The monoisotopic (exact) mass is 344 g/mol. The second kappa shape index (κ2) is 7.01. The largest absolute Gasteiger partial charge is 0.385 e. The maximum absolute atomic E-state index is 13.3. The lowest BCUT2D eigenvalue weighted by atomic mass is 10.2. The van der Waals surface area contributed by atoms with E-state index in [4.69, 9.17) is 11.6 Å². The number of hydrogen-bond acceptors (Lipinski definition) is 4. The molecule has 0 saturated heterocycles. The van der Waals surface area contributed by atoms with Crippen molar-refractivity contribution >= 4 is 39.7 Å². The Kier molecular flexibility index (Phi) is 4.81. The van der Waals surface area contributed by atoms with E-state index >= 15 is 0 Å². The maximum atomic E-state index is 13.3. The van der Waals surface area contributed by atoms with E-state index < -0.39 is 5.82 Å². The minimum absolute atomic E-state index is 0.0673. The second-order valence-corrected chi connectivity index (χ2v) is 6.39. The molecule has 0 radical (unpaired) electrons. The van der Waals surface area contributed by atoms with Crippen LogP contribution in [-0.4, -0.2) is 16.5 Å². The van der Waals surface area contributed by atoms with Crippen molar-refractivity contribution in [1.29, 1.82) is 0 Å². The zero-order valence-electron chi connectivity index (χ0n) is 13.5. The van der Waals surface area contributed by atoms with E-state index in [0.29, 0.717) is 17.4 Å². The van der Waals surface area contributed by atoms with Gasteiger partial charge in [-0.2, -0.15) is 0 Å². The standard InChI is InChI=1S/C18H18ClFN4/c1-11(2)9-21-12-4-6-17-14(7-12)18(23-10-22-17)24-13-3-5-16(20)15(19)8-13/h3-8,10-11,21H,9H2,1-2H3,(H,22,23,24). The topological polar surface area (TPSA) is 49.8 Å². The van der Waals surface area contributed by atoms with Crippen molar-refractivity contribution in [3.63, 3.8) is 0 Å². The Morgan fingerprint density at radius 2 is 1.88 bits per heavy atom. The quantitative estimate of drug-likeness (QED) is 0.665. The van der Waals surface area contributed by atoms with Crippen LogP contribution in [0.3, 0.4) is 0 Å². The molecule has 2 aromatic carbocycles. The third-order valence-electron chi connectivity index (χ3n) is 3.53. The van der Waals surface area contributed by atoms with Crippen LogP contribution >= 0.6 is 11.6 Å². The lowest BCUT2D eigenvalue weighted by Crippen LogP contribution is -2.07. The molecule has 0 aliphatic rings. The van der Waals surface area contributed by atoms with Crippen molar-refractivity contribution in [3.05, 3.63) is 53.6 Å². The van der Waals surface area contributed by atoms with Gasteiger partial charge in [0.05, 0.1) is 10.5 Å². The predicted octanol–water partition coefficient (Wildman–Crippen LogP) is 5.23. The fourth-order valence-electron chi connectivity index (χ4n) is 2.30. The number of nitrogens with zero attached hydrogens (tertiary/aromatic N) is 2. The summed E-state index contributed by atoms with van der Waals surface area (Å²) in [6.07, 6.45) is 1.50. The van der Waals surface area contributed by atoms with Crippen LogP contribution in [0.15, 0.2) is 42.7 Å². The molecular weight excluding hydrogens is 327 g/mol. The maximum Gasteiger partial charge on any atom is 0.141 e. The third kappa shape index (κ3) is 3.74. The van der Waals surface area contributed by atoms with Gasteiger partial charge in [0, 0.05) is 23.3 Å². The molecule has 3 rings (SSSR count). The number of benzene rings is 2. The molecular formula is C18H18ClFN4. The first-order valence-corrected chi connectivity index (χ1v) is 8.11. The average molecular weight is 345 g/mol. The second-order valence-electron chi connectivity index (χ2n) is 5.98. The van der Waals surface area contributed by atoms with Crippen molar-refractivity contribution in [2.45, 2.75) is 13.8 Å². The van der Waals surface area contributed by atoms with Gasteiger partial charge in [-0.1, -0.05) is 25.4 Å². The summed E-state index contributed by atoms with van der Waals surface area (Å²) in [5, 5.41) is 7.52. The van der Waals surface area contributed by atoms with Gasteiger partial charge < -0.3 is 10.6 Å². The van der Waals surface area contributed by atoms with E-state index in [1.807, 2.05) is 18.2 Å². The Hall–Kier alpha value is -2.40. The molecule has 0 atom stereocenters. The summed E-state index contributed by atoms with van der Waals surface area (Å²) in [5.41, 5.74) is 2.50. The molecule has 0 aliphatic heterocycles. The van der Waals surface area contributed by atoms with Crippen molar-refractivity contribution < 1.29 is 4.39 Å². The summed E-state index contributed by atoms with van der Waals surface area (Å²) in [4.78, 5) is 8.59. The normalized spacial score (nSPS) is 11.0. The van der Waals surface area contributed by atoms with Crippen molar-refractivity contribution in [2.75, 3.05) is 17.2 Å². The number of rotatable bonds is 5. The Morgan fingerprint density at radius 3 is 2.62 bits per heavy atom. The number of fused-ring (bicyclic) bond motifs is 1. The molecule has 0 aliphatic carbocycles. The minimum Gasteiger partial charge on any atom is -0.385 e. The molecule has 2 N–H and O–H groups in total. The summed E-state index contributed by atoms with van der Waals surface area (Å²) < 4.78 is 13.3. The first kappa shape index (κ1) is 16.5. The van der Waals surface area contributed by atoms with Crippen LogP contribution < -0.4 is 10.6 Å². The van der Waals surface area contributed by atoms with Gasteiger partial charge in [0.25, 0.3) is 0 Å². The average Bonchev–Trinajstić information content (AvgIpc) is 2.56. The van der Waals surface area contributed by atoms with E-state index in [2.05, 4.69) is 34.4 Å². The van der Waals surface area contributed by atoms with Crippen LogP contribution in [0.25, 0.3) is 10.9 Å². The van der Waals surface area contributed by atoms with Gasteiger partial charge in [0.15, 0.2) is 0 Å². The van der Waals surface area contributed by atoms with Gasteiger partial charge >= 0.3 is 0 Å². The lowest BCUT2D eigenvalue weighted by molar-refractivity contribution is 0.628. The predicted molar refractivity (Wildman–Crippen MR) is 97.6 cm³/mol. The van der Waals surface area contributed by atoms with Crippen LogP contribution in [-0.2, 0) is 0 Å². The highest BCUT2D eigenvalue weighted by molar-refractivity contribution is 6.31.